The fourth-order valence-electron chi connectivity index (χ4n) is 3.15. The van der Waals surface area contributed by atoms with Gasteiger partial charge >= 0.3 is 0 Å². The molecule has 0 radical (unpaired) electrons. The third kappa shape index (κ3) is 3.62. The Morgan fingerprint density at radius 2 is 1.93 bits per heavy atom. The van der Waals surface area contributed by atoms with Crippen LogP contribution >= 0.6 is 0 Å². The molecule has 6 heteroatoms. The highest BCUT2D eigenvalue weighted by Crippen LogP contribution is 2.23. The van der Waals surface area contributed by atoms with Gasteiger partial charge in [-0.25, -0.2) is 4.39 Å². The van der Waals surface area contributed by atoms with Crippen molar-refractivity contribution in [3.8, 4) is 5.75 Å². The van der Waals surface area contributed by atoms with Crippen LogP contribution in [-0.4, -0.2) is 17.6 Å². The number of nitrogens with one attached hydrogen (secondary N) is 1. The van der Waals surface area contributed by atoms with Gasteiger partial charge in [-0.1, -0.05) is 24.3 Å². The van der Waals surface area contributed by atoms with E-state index in [0.717, 1.165) is 22.3 Å². The van der Waals surface area contributed by atoms with E-state index in [1.165, 1.54) is 12.1 Å². The summed E-state index contributed by atoms with van der Waals surface area (Å²) >= 11 is 0. The van der Waals surface area contributed by atoms with Crippen LogP contribution < -0.4 is 10.1 Å². The molecule has 1 amide bonds. The molecular formula is C22H19FN2O3. The van der Waals surface area contributed by atoms with Crippen LogP contribution in [0.2, 0.25) is 0 Å². The average molecular weight is 378 g/mol. The molecule has 4 rings (SSSR count). The molecule has 0 saturated heterocycles. The first-order chi connectivity index (χ1) is 13.6. The minimum atomic E-state index is -0.303. The van der Waals surface area contributed by atoms with Crippen LogP contribution in [0, 0.1) is 5.82 Å². The fraction of sp³-hybridized carbons (Fsp3) is 0.136. The SMILES string of the molecule is COc1cccc(Cn2c(C(=O)NCc3ccc(F)cc3)cc3ccoc32)c1. The van der Waals surface area contributed by atoms with E-state index in [2.05, 4.69) is 5.32 Å². The lowest BCUT2D eigenvalue weighted by Crippen LogP contribution is -2.25. The molecule has 0 saturated carbocycles. The van der Waals surface area contributed by atoms with Gasteiger partial charge in [0.1, 0.15) is 17.3 Å². The van der Waals surface area contributed by atoms with Gasteiger partial charge in [0.05, 0.1) is 19.9 Å². The van der Waals surface area contributed by atoms with Gasteiger partial charge in [-0.3, -0.25) is 4.79 Å². The van der Waals surface area contributed by atoms with E-state index >= 15 is 0 Å². The number of hydrogen-bond acceptors (Lipinski definition) is 3. The summed E-state index contributed by atoms with van der Waals surface area (Å²) in [5.74, 6) is 0.226. The number of aromatic nitrogens is 1. The van der Waals surface area contributed by atoms with Gasteiger partial charge in [0.15, 0.2) is 0 Å². The second kappa shape index (κ2) is 7.60. The second-order valence-corrected chi connectivity index (χ2v) is 6.46. The fourth-order valence-corrected chi connectivity index (χ4v) is 3.15. The first-order valence-corrected chi connectivity index (χ1v) is 8.86. The van der Waals surface area contributed by atoms with E-state index in [0.29, 0.717) is 24.5 Å². The van der Waals surface area contributed by atoms with Crippen molar-refractivity contribution in [3.63, 3.8) is 0 Å². The van der Waals surface area contributed by atoms with Crippen molar-refractivity contribution >= 4 is 17.0 Å². The summed E-state index contributed by atoms with van der Waals surface area (Å²) in [7, 11) is 1.62. The number of methoxy groups -OCH3 is 1. The molecule has 0 aliphatic heterocycles. The van der Waals surface area contributed by atoms with Crippen molar-refractivity contribution in [2.24, 2.45) is 0 Å². The zero-order valence-corrected chi connectivity index (χ0v) is 15.3. The Balaban J connectivity index is 1.59. The number of amides is 1. The number of rotatable bonds is 6. The normalized spacial score (nSPS) is 10.9. The maximum atomic E-state index is 13.0. The topological polar surface area (TPSA) is 56.4 Å². The van der Waals surface area contributed by atoms with Crippen LogP contribution in [0.3, 0.4) is 0 Å². The smallest absolute Gasteiger partial charge is 0.268 e. The predicted octanol–water partition coefficient (Wildman–Crippen LogP) is 4.36. The van der Waals surface area contributed by atoms with Crippen molar-refractivity contribution in [3.05, 3.63) is 89.6 Å². The minimum absolute atomic E-state index is 0.223. The summed E-state index contributed by atoms with van der Waals surface area (Å²) in [6.45, 7) is 0.776. The first kappa shape index (κ1) is 17.9. The van der Waals surface area contributed by atoms with Gasteiger partial charge in [-0.05, 0) is 47.5 Å². The van der Waals surface area contributed by atoms with E-state index in [1.807, 2.05) is 34.9 Å². The third-order valence-corrected chi connectivity index (χ3v) is 4.58. The Labute approximate surface area is 161 Å². The molecule has 2 heterocycles. The molecule has 0 spiro atoms. The molecule has 2 aromatic carbocycles. The maximum Gasteiger partial charge on any atom is 0.268 e. The molecule has 2 aromatic heterocycles. The highest BCUT2D eigenvalue weighted by Gasteiger charge is 2.18. The molecule has 142 valence electrons. The maximum absolute atomic E-state index is 13.0. The van der Waals surface area contributed by atoms with Crippen LogP contribution in [0.4, 0.5) is 4.39 Å². The zero-order chi connectivity index (χ0) is 19.5. The van der Waals surface area contributed by atoms with Crippen LogP contribution in [0.1, 0.15) is 21.6 Å². The molecule has 0 atom stereocenters. The van der Waals surface area contributed by atoms with Gasteiger partial charge in [-0.15, -0.1) is 0 Å². The van der Waals surface area contributed by atoms with E-state index < -0.39 is 0 Å². The number of carbonyl (C=O) groups is 1. The van der Waals surface area contributed by atoms with Crippen molar-refractivity contribution in [2.45, 2.75) is 13.1 Å². The molecule has 0 bridgehead atoms. The Morgan fingerprint density at radius 1 is 1.11 bits per heavy atom. The minimum Gasteiger partial charge on any atom is -0.497 e. The molecule has 0 unspecified atom stereocenters. The number of fused-ring (bicyclic) bond motifs is 1. The van der Waals surface area contributed by atoms with Gasteiger partial charge in [0.2, 0.25) is 5.71 Å². The molecule has 28 heavy (non-hydrogen) atoms. The molecule has 1 N–H and O–H groups in total. The number of carbonyl (C=O) groups excluding carboxylic acids is 1. The predicted molar refractivity (Wildman–Crippen MR) is 104 cm³/mol. The summed E-state index contributed by atoms with van der Waals surface area (Å²) in [4.78, 5) is 12.8. The Kier molecular flexibility index (Phi) is 4.85. The lowest BCUT2D eigenvalue weighted by atomic mass is 10.2. The standard InChI is InChI=1S/C22H19FN2O3/c1-27-19-4-2-3-16(11-19)14-25-20(12-17-9-10-28-22(17)25)21(26)24-13-15-5-7-18(23)8-6-15/h2-12H,13-14H2,1H3,(H,24,26). The molecular weight excluding hydrogens is 359 g/mol. The number of furan rings is 1. The summed E-state index contributed by atoms with van der Waals surface area (Å²) < 4.78 is 25.8. The summed E-state index contributed by atoms with van der Waals surface area (Å²) in [6.07, 6.45) is 1.60. The lowest BCUT2D eigenvalue weighted by molar-refractivity contribution is 0.0942. The van der Waals surface area contributed by atoms with Gasteiger partial charge in [0, 0.05) is 11.9 Å². The average Bonchev–Trinajstić information content (AvgIpc) is 3.30. The Morgan fingerprint density at radius 3 is 2.71 bits per heavy atom. The Bertz CT molecular complexity index is 1110. The van der Waals surface area contributed by atoms with Crippen LogP contribution in [0.5, 0.6) is 5.75 Å². The number of nitrogens with zero attached hydrogens (tertiary/aromatic N) is 1. The van der Waals surface area contributed by atoms with Crippen molar-refractivity contribution in [1.29, 1.82) is 0 Å². The highest BCUT2D eigenvalue weighted by atomic mass is 19.1. The quantitative estimate of drug-likeness (QED) is 0.542. The molecule has 0 fully saturated rings. The monoisotopic (exact) mass is 378 g/mol. The second-order valence-electron chi connectivity index (χ2n) is 6.46. The van der Waals surface area contributed by atoms with Crippen molar-refractivity contribution in [2.75, 3.05) is 7.11 Å². The van der Waals surface area contributed by atoms with Crippen molar-refractivity contribution in [1.82, 2.24) is 9.88 Å². The number of ether oxygens (including phenoxy) is 1. The van der Waals surface area contributed by atoms with E-state index in [9.17, 15) is 9.18 Å². The van der Waals surface area contributed by atoms with Gasteiger partial charge in [0.25, 0.3) is 5.91 Å². The van der Waals surface area contributed by atoms with Crippen LogP contribution in [0.15, 0.2) is 71.3 Å². The van der Waals surface area contributed by atoms with E-state index in [-0.39, 0.29) is 11.7 Å². The Hall–Kier alpha value is -3.54. The van der Waals surface area contributed by atoms with E-state index in [1.54, 1.807) is 31.6 Å². The molecule has 5 nitrogen and oxygen atoms in total. The largest absolute Gasteiger partial charge is 0.497 e. The number of hydrogen-bond donors (Lipinski definition) is 1. The number of benzene rings is 2. The number of halogens is 1. The molecule has 0 aliphatic carbocycles. The van der Waals surface area contributed by atoms with Crippen LogP contribution in [-0.2, 0) is 13.1 Å². The highest BCUT2D eigenvalue weighted by molar-refractivity contribution is 5.97. The summed E-state index contributed by atoms with van der Waals surface area (Å²) in [5.41, 5.74) is 2.94. The molecule has 4 aromatic rings. The lowest BCUT2D eigenvalue weighted by Gasteiger charge is -2.11. The van der Waals surface area contributed by atoms with Crippen LogP contribution in [0.25, 0.3) is 11.1 Å². The third-order valence-electron chi connectivity index (χ3n) is 4.58. The van der Waals surface area contributed by atoms with Gasteiger partial charge in [-0.2, -0.15) is 0 Å². The first-order valence-electron chi connectivity index (χ1n) is 8.86. The zero-order valence-electron chi connectivity index (χ0n) is 15.3. The van der Waals surface area contributed by atoms with Gasteiger partial charge < -0.3 is 19.0 Å². The van der Waals surface area contributed by atoms with E-state index in [4.69, 9.17) is 9.15 Å². The molecule has 0 aliphatic rings. The summed E-state index contributed by atoms with van der Waals surface area (Å²) in [6, 6.07) is 17.4. The van der Waals surface area contributed by atoms with Crippen molar-refractivity contribution < 1.29 is 18.3 Å². The summed E-state index contributed by atoms with van der Waals surface area (Å²) in [5, 5.41) is 3.74.